The second-order valence-electron chi connectivity index (χ2n) is 4.61. The first-order valence-electron chi connectivity index (χ1n) is 6.02. The number of β-lactam (4-membered cyclic amide) rings is 1. The number of allylic oxidation sites excluding steroid dienone is 2. The Kier molecular flexibility index (Phi) is 3.80. The van der Waals surface area contributed by atoms with E-state index in [0.29, 0.717) is 11.3 Å². The zero-order chi connectivity index (χ0) is 14.2. The highest BCUT2D eigenvalue weighted by atomic mass is 32.2. The minimum atomic E-state index is -1.05. The number of carbonyl (C=O) groups is 2. The molecule has 2 aliphatic heterocycles. The maximum Gasteiger partial charge on any atom is 0.352 e. The van der Waals surface area contributed by atoms with Gasteiger partial charge in [0.25, 0.3) is 5.91 Å². The lowest BCUT2D eigenvalue weighted by atomic mass is 10.0. The van der Waals surface area contributed by atoms with E-state index >= 15 is 0 Å². The Morgan fingerprint density at radius 2 is 2.21 bits per heavy atom. The third kappa shape index (κ3) is 2.32. The smallest absolute Gasteiger partial charge is 0.352 e. The van der Waals surface area contributed by atoms with Crippen LogP contribution in [-0.2, 0) is 9.59 Å². The van der Waals surface area contributed by atoms with Gasteiger partial charge in [-0.15, -0.1) is 11.8 Å². The van der Waals surface area contributed by atoms with Crippen molar-refractivity contribution in [2.45, 2.75) is 32.2 Å². The van der Waals surface area contributed by atoms with Gasteiger partial charge in [-0.05, 0) is 26.3 Å². The highest BCUT2D eigenvalue weighted by molar-refractivity contribution is 8.00. The number of aliphatic carboxylic acids is 1. The largest absolute Gasteiger partial charge is 0.477 e. The number of hydrogen-bond acceptors (Lipinski definition) is 4. The van der Waals surface area contributed by atoms with Crippen molar-refractivity contribution in [1.82, 2.24) is 4.90 Å². The van der Waals surface area contributed by atoms with Gasteiger partial charge < -0.3 is 5.11 Å². The predicted molar refractivity (Wildman–Crippen MR) is 75.1 cm³/mol. The molecule has 0 aliphatic carbocycles. The standard InChI is InChI=1S/C13H16N2O3S/c1-4-5-8-6-19-12-9(14-7(2)3)11(16)15(12)10(8)13(17)18/h4-5,9,12H,6H2,1-3H3,(H,17,18)/b5-4-/t9?,12-/m1/s1. The van der Waals surface area contributed by atoms with Crippen LogP contribution in [0.1, 0.15) is 20.8 Å². The van der Waals surface area contributed by atoms with Gasteiger partial charge in [0.15, 0.2) is 6.04 Å². The van der Waals surface area contributed by atoms with Gasteiger partial charge in [0.1, 0.15) is 11.1 Å². The molecule has 1 unspecified atom stereocenters. The molecule has 0 aromatic heterocycles. The minimum absolute atomic E-state index is 0.104. The fraction of sp³-hybridized carbons (Fsp3) is 0.462. The number of carboxylic acids is 1. The van der Waals surface area contributed by atoms with Crippen molar-refractivity contribution >= 4 is 29.4 Å². The lowest BCUT2D eigenvalue weighted by Crippen LogP contribution is -2.64. The summed E-state index contributed by atoms with van der Waals surface area (Å²) in [6.45, 7) is 5.50. The summed E-state index contributed by atoms with van der Waals surface area (Å²) in [6.07, 6.45) is 3.54. The number of rotatable bonds is 3. The van der Waals surface area contributed by atoms with E-state index in [0.717, 1.165) is 5.71 Å². The van der Waals surface area contributed by atoms with Crippen LogP contribution in [0.15, 0.2) is 28.4 Å². The average Bonchev–Trinajstić information content (AvgIpc) is 2.35. The molecular formula is C13H16N2O3S. The van der Waals surface area contributed by atoms with Crippen LogP contribution < -0.4 is 0 Å². The number of carboxylic acid groups (broad SMARTS) is 1. The number of thioether (sulfide) groups is 1. The van der Waals surface area contributed by atoms with Crippen molar-refractivity contribution in [3.05, 3.63) is 23.4 Å². The van der Waals surface area contributed by atoms with Crippen LogP contribution in [-0.4, -0.2) is 44.8 Å². The number of aliphatic imine (C=N–C) groups is 1. The van der Waals surface area contributed by atoms with Gasteiger partial charge in [-0.3, -0.25) is 14.7 Å². The van der Waals surface area contributed by atoms with Crippen molar-refractivity contribution in [1.29, 1.82) is 0 Å². The molecule has 2 aliphatic rings. The van der Waals surface area contributed by atoms with Gasteiger partial charge in [0.05, 0.1) is 0 Å². The van der Waals surface area contributed by atoms with Crippen LogP contribution in [0.25, 0.3) is 0 Å². The first kappa shape index (κ1) is 13.9. The summed E-state index contributed by atoms with van der Waals surface area (Å²) in [6, 6.07) is -0.434. The highest BCUT2D eigenvalue weighted by Gasteiger charge is 2.53. The minimum Gasteiger partial charge on any atom is -0.477 e. The van der Waals surface area contributed by atoms with Crippen molar-refractivity contribution in [3.8, 4) is 0 Å². The van der Waals surface area contributed by atoms with Gasteiger partial charge >= 0.3 is 5.97 Å². The Morgan fingerprint density at radius 1 is 1.53 bits per heavy atom. The van der Waals surface area contributed by atoms with E-state index in [1.165, 1.54) is 4.90 Å². The maximum atomic E-state index is 12.1. The highest BCUT2D eigenvalue weighted by Crippen LogP contribution is 2.41. The van der Waals surface area contributed by atoms with Crippen molar-refractivity contribution in [3.63, 3.8) is 0 Å². The molecule has 0 radical (unpaired) electrons. The molecule has 6 heteroatoms. The molecule has 2 atom stereocenters. The summed E-state index contributed by atoms with van der Waals surface area (Å²) in [5, 5.41) is 9.13. The second kappa shape index (κ2) is 5.21. The Morgan fingerprint density at radius 3 is 2.74 bits per heavy atom. The van der Waals surface area contributed by atoms with E-state index in [-0.39, 0.29) is 17.0 Å². The summed E-state index contributed by atoms with van der Waals surface area (Å²) in [5.74, 6) is -0.685. The molecule has 19 heavy (non-hydrogen) atoms. The third-order valence-corrected chi connectivity index (χ3v) is 4.23. The molecule has 0 aromatic rings. The SMILES string of the molecule is C/C=C\C1=C(C(=O)O)N2C(=O)C(N=C(C)C)[C@H]2SC1. The Bertz CT molecular complexity index is 518. The fourth-order valence-corrected chi connectivity index (χ4v) is 3.52. The van der Waals surface area contributed by atoms with Gasteiger partial charge in [0, 0.05) is 11.5 Å². The number of amides is 1. The van der Waals surface area contributed by atoms with Crippen LogP contribution in [0.4, 0.5) is 0 Å². The molecule has 0 spiro atoms. The molecule has 0 aromatic carbocycles. The van der Waals surface area contributed by atoms with E-state index in [1.807, 2.05) is 20.8 Å². The molecule has 102 valence electrons. The topological polar surface area (TPSA) is 70.0 Å². The monoisotopic (exact) mass is 280 g/mol. The third-order valence-electron chi connectivity index (χ3n) is 2.94. The molecular weight excluding hydrogens is 264 g/mol. The summed E-state index contributed by atoms with van der Waals surface area (Å²) < 4.78 is 0. The fourth-order valence-electron chi connectivity index (χ4n) is 2.22. The van der Waals surface area contributed by atoms with Crippen LogP contribution in [0, 0.1) is 0 Å². The van der Waals surface area contributed by atoms with Crippen molar-refractivity contribution < 1.29 is 14.7 Å². The van der Waals surface area contributed by atoms with E-state index in [4.69, 9.17) is 0 Å². The molecule has 1 fully saturated rings. The van der Waals surface area contributed by atoms with Crippen LogP contribution in [0.2, 0.25) is 0 Å². The Balaban J connectivity index is 2.36. The molecule has 2 heterocycles. The first-order chi connectivity index (χ1) is 8.97. The second-order valence-corrected chi connectivity index (χ2v) is 5.71. The van der Waals surface area contributed by atoms with Crippen LogP contribution in [0.3, 0.4) is 0 Å². The molecule has 5 nitrogen and oxygen atoms in total. The van der Waals surface area contributed by atoms with Gasteiger partial charge in [0.2, 0.25) is 0 Å². The van der Waals surface area contributed by atoms with Crippen molar-refractivity contribution in [2.75, 3.05) is 5.75 Å². The summed E-state index contributed by atoms with van der Waals surface area (Å²) in [4.78, 5) is 29.1. The summed E-state index contributed by atoms with van der Waals surface area (Å²) >= 11 is 1.56. The van der Waals surface area contributed by atoms with E-state index in [1.54, 1.807) is 23.9 Å². The zero-order valence-electron chi connectivity index (χ0n) is 11.1. The van der Waals surface area contributed by atoms with Crippen molar-refractivity contribution in [2.24, 2.45) is 4.99 Å². The number of fused-ring (bicyclic) bond motifs is 1. The normalized spacial score (nSPS) is 26.3. The summed E-state index contributed by atoms with van der Waals surface area (Å²) in [7, 11) is 0. The van der Waals surface area contributed by atoms with E-state index < -0.39 is 12.0 Å². The van der Waals surface area contributed by atoms with Gasteiger partial charge in [-0.1, -0.05) is 12.2 Å². The molecule has 0 saturated carbocycles. The van der Waals surface area contributed by atoms with Gasteiger partial charge in [-0.25, -0.2) is 4.79 Å². The van der Waals surface area contributed by atoms with Crippen LogP contribution in [0.5, 0.6) is 0 Å². The van der Waals surface area contributed by atoms with E-state index in [2.05, 4.69) is 4.99 Å². The predicted octanol–water partition coefficient (Wildman–Crippen LogP) is 1.67. The Hall–Kier alpha value is -1.56. The number of carbonyl (C=O) groups excluding carboxylic acids is 1. The molecule has 1 N–H and O–H groups in total. The molecule has 1 saturated heterocycles. The molecule has 2 rings (SSSR count). The lowest BCUT2D eigenvalue weighted by molar-refractivity contribution is -0.147. The zero-order valence-corrected chi connectivity index (χ0v) is 11.9. The first-order valence-corrected chi connectivity index (χ1v) is 7.07. The Labute approximate surface area is 116 Å². The molecule has 0 bridgehead atoms. The quantitative estimate of drug-likeness (QED) is 0.630. The van der Waals surface area contributed by atoms with Crippen LogP contribution >= 0.6 is 11.8 Å². The number of nitrogens with zero attached hydrogens (tertiary/aromatic N) is 2. The maximum absolute atomic E-state index is 12.1. The average molecular weight is 280 g/mol. The summed E-state index contributed by atoms with van der Waals surface area (Å²) in [5.41, 5.74) is 1.62. The number of hydrogen-bond donors (Lipinski definition) is 1. The van der Waals surface area contributed by atoms with E-state index in [9.17, 15) is 14.7 Å². The lowest BCUT2D eigenvalue weighted by Gasteiger charge is -2.47. The van der Waals surface area contributed by atoms with Gasteiger partial charge in [-0.2, -0.15) is 0 Å². The molecule has 1 amide bonds.